The number of nitrogens with one attached hydrogen (secondary N) is 1. The molecule has 9 heteroatoms. The average Bonchev–Trinajstić information content (AvgIpc) is 2.85. The molecule has 198 valence electrons. The molecule has 0 radical (unpaired) electrons. The third-order valence-electron chi connectivity index (χ3n) is 6.14. The van der Waals surface area contributed by atoms with Crippen molar-refractivity contribution in [2.45, 2.75) is 46.3 Å². The Balaban J connectivity index is 1.87. The zero-order chi connectivity index (χ0) is 27.1. The van der Waals surface area contributed by atoms with E-state index in [1.165, 1.54) is 23.1 Å². The number of anilines is 1. The fourth-order valence-electron chi connectivity index (χ4n) is 3.88. The van der Waals surface area contributed by atoms with Crippen LogP contribution in [-0.4, -0.2) is 70.7 Å². The number of likely N-dealkylation sites (N-methyl/N-ethyl adjacent to an activating group) is 1. The molecule has 3 atom stereocenters. The van der Waals surface area contributed by atoms with Crippen molar-refractivity contribution in [1.82, 2.24) is 14.8 Å². The standard InChI is InChI=1S/C28H35FN4O4/c1-18(2)8-6-9-21-12-24-26(30-14-21)37-25(19(3)15-33(27(24)35)20(4)17-34)16-32(5)28(36)31-23-11-7-10-22(29)13-23/h7,10-14,18-20,25,34H,8,15-17H2,1-5H3,(H,31,36)/t19-,20+,25+/m0/s1. The molecular weight excluding hydrogens is 475 g/mol. The molecule has 0 saturated carbocycles. The van der Waals surface area contributed by atoms with Gasteiger partial charge in [-0.2, -0.15) is 0 Å². The molecule has 2 aromatic rings. The highest BCUT2D eigenvalue weighted by Gasteiger charge is 2.34. The van der Waals surface area contributed by atoms with Crippen molar-refractivity contribution >= 4 is 17.6 Å². The van der Waals surface area contributed by atoms with Crippen LogP contribution in [0.5, 0.6) is 5.88 Å². The van der Waals surface area contributed by atoms with Gasteiger partial charge in [-0.3, -0.25) is 4.79 Å². The molecule has 0 bridgehead atoms. The number of aliphatic hydroxyl groups is 1. The Morgan fingerprint density at radius 2 is 2.11 bits per heavy atom. The summed E-state index contributed by atoms with van der Waals surface area (Å²) in [6, 6.07) is 6.48. The van der Waals surface area contributed by atoms with E-state index in [4.69, 9.17) is 4.74 Å². The first-order valence-corrected chi connectivity index (χ1v) is 12.4. The van der Waals surface area contributed by atoms with Crippen molar-refractivity contribution in [1.29, 1.82) is 0 Å². The number of hydrogen-bond acceptors (Lipinski definition) is 5. The number of hydrogen-bond donors (Lipinski definition) is 2. The number of ether oxygens (including phenoxy) is 1. The van der Waals surface area contributed by atoms with Crippen molar-refractivity contribution < 1.29 is 23.8 Å². The van der Waals surface area contributed by atoms with Crippen LogP contribution in [0.3, 0.4) is 0 Å². The molecule has 0 saturated heterocycles. The van der Waals surface area contributed by atoms with Crippen LogP contribution in [0.15, 0.2) is 36.5 Å². The molecule has 0 unspecified atom stereocenters. The van der Waals surface area contributed by atoms with Crippen LogP contribution in [-0.2, 0) is 0 Å². The number of halogens is 1. The Labute approximate surface area is 217 Å². The lowest BCUT2D eigenvalue weighted by Gasteiger charge is -2.37. The Morgan fingerprint density at radius 3 is 2.78 bits per heavy atom. The van der Waals surface area contributed by atoms with E-state index in [1.54, 1.807) is 37.2 Å². The van der Waals surface area contributed by atoms with E-state index in [9.17, 15) is 19.1 Å². The van der Waals surface area contributed by atoms with Crippen molar-refractivity contribution in [3.05, 3.63) is 53.5 Å². The van der Waals surface area contributed by atoms with E-state index < -0.39 is 24.0 Å². The monoisotopic (exact) mass is 510 g/mol. The van der Waals surface area contributed by atoms with Gasteiger partial charge >= 0.3 is 6.03 Å². The van der Waals surface area contributed by atoms with Crippen LogP contribution in [0.25, 0.3) is 0 Å². The van der Waals surface area contributed by atoms with E-state index in [1.807, 2.05) is 6.92 Å². The van der Waals surface area contributed by atoms with Gasteiger partial charge in [0.2, 0.25) is 5.88 Å². The maximum atomic E-state index is 13.5. The lowest BCUT2D eigenvalue weighted by molar-refractivity contribution is 0.0356. The molecule has 2 N–H and O–H groups in total. The molecule has 0 aliphatic carbocycles. The van der Waals surface area contributed by atoms with Crippen molar-refractivity contribution in [3.8, 4) is 17.7 Å². The van der Waals surface area contributed by atoms with Crippen LogP contribution < -0.4 is 10.1 Å². The first-order chi connectivity index (χ1) is 17.6. The van der Waals surface area contributed by atoms with Gasteiger partial charge in [0.25, 0.3) is 5.91 Å². The van der Waals surface area contributed by atoms with Crippen LogP contribution in [0.4, 0.5) is 14.9 Å². The highest BCUT2D eigenvalue weighted by Crippen LogP contribution is 2.27. The lowest BCUT2D eigenvalue weighted by Crippen LogP contribution is -2.50. The second kappa shape index (κ2) is 12.5. The molecule has 1 aromatic heterocycles. The van der Waals surface area contributed by atoms with Gasteiger partial charge in [-0.15, -0.1) is 0 Å². The number of amides is 3. The molecule has 1 aliphatic rings. The van der Waals surface area contributed by atoms with Crippen molar-refractivity contribution in [2.24, 2.45) is 11.8 Å². The Morgan fingerprint density at radius 1 is 1.35 bits per heavy atom. The van der Waals surface area contributed by atoms with Gasteiger partial charge in [0, 0.05) is 43.4 Å². The SMILES string of the molecule is CC(C)CC#Cc1cnc2c(c1)C(=O)N([C@H](C)CO)C[C@H](C)[C@@H](CN(C)C(=O)Nc1cccc(F)c1)O2. The topological polar surface area (TPSA) is 95.0 Å². The van der Waals surface area contributed by atoms with E-state index in [-0.39, 0.29) is 36.4 Å². The number of pyridine rings is 1. The number of rotatable bonds is 6. The Hall–Kier alpha value is -3.64. The van der Waals surface area contributed by atoms with Gasteiger partial charge in [0.15, 0.2) is 0 Å². The van der Waals surface area contributed by atoms with Gasteiger partial charge in [0.1, 0.15) is 17.5 Å². The summed E-state index contributed by atoms with van der Waals surface area (Å²) in [5.41, 5.74) is 1.21. The normalized spacial score (nSPS) is 18.1. The largest absolute Gasteiger partial charge is 0.472 e. The maximum Gasteiger partial charge on any atom is 0.321 e. The second-order valence-electron chi connectivity index (χ2n) is 9.92. The van der Waals surface area contributed by atoms with Crippen LogP contribution in [0.1, 0.15) is 50.0 Å². The predicted molar refractivity (Wildman–Crippen MR) is 140 cm³/mol. The number of nitrogens with zero attached hydrogens (tertiary/aromatic N) is 3. The highest BCUT2D eigenvalue weighted by atomic mass is 19.1. The Kier molecular flexibility index (Phi) is 9.48. The molecule has 37 heavy (non-hydrogen) atoms. The minimum atomic E-state index is -0.506. The Bertz CT molecular complexity index is 1180. The summed E-state index contributed by atoms with van der Waals surface area (Å²) >= 11 is 0. The minimum Gasteiger partial charge on any atom is -0.472 e. The summed E-state index contributed by atoms with van der Waals surface area (Å²) < 4.78 is 19.7. The number of carbonyl (C=O) groups excluding carboxylic acids is 2. The number of fused-ring (bicyclic) bond motifs is 1. The highest BCUT2D eigenvalue weighted by molar-refractivity contribution is 5.97. The molecule has 0 spiro atoms. The van der Waals surface area contributed by atoms with E-state index >= 15 is 0 Å². The summed E-state index contributed by atoms with van der Waals surface area (Å²) in [5.74, 6) is 5.81. The van der Waals surface area contributed by atoms with E-state index in [0.29, 0.717) is 23.7 Å². The first-order valence-electron chi connectivity index (χ1n) is 12.4. The zero-order valence-corrected chi connectivity index (χ0v) is 22.0. The molecule has 3 amide bonds. The van der Waals surface area contributed by atoms with Crippen molar-refractivity contribution in [3.63, 3.8) is 0 Å². The van der Waals surface area contributed by atoms with E-state index in [2.05, 4.69) is 36.0 Å². The summed E-state index contributed by atoms with van der Waals surface area (Å²) in [7, 11) is 1.62. The number of urea groups is 1. The van der Waals surface area contributed by atoms with Gasteiger partial charge < -0.3 is 25.0 Å². The fourth-order valence-corrected chi connectivity index (χ4v) is 3.88. The second-order valence-corrected chi connectivity index (χ2v) is 9.92. The van der Waals surface area contributed by atoms with Gasteiger partial charge in [-0.1, -0.05) is 38.7 Å². The molecule has 2 heterocycles. The quantitative estimate of drug-likeness (QED) is 0.573. The van der Waals surface area contributed by atoms with Crippen molar-refractivity contribution in [2.75, 3.05) is 32.1 Å². The average molecular weight is 511 g/mol. The number of aliphatic hydroxyl groups excluding tert-OH is 1. The number of benzene rings is 1. The van der Waals surface area contributed by atoms with Gasteiger partial charge in [-0.05, 0) is 37.1 Å². The van der Waals surface area contributed by atoms with E-state index in [0.717, 1.165) is 6.42 Å². The van der Waals surface area contributed by atoms with Gasteiger partial charge in [0.05, 0.1) is 19.2 Å². The molecular formula is C28H35FN4O4. The third kappa shape index (κ3) is 7.43. The van der Waals surface area contributed by atoms with Crippen LogP contribution in [0, 0.1) is 29.5 Å². The smallest absolute Gasteiger partial charge is 0.321 e. The minimum absolute atomic E-state index is 0.157. The van der Waals surface area contributed by atoms with Gasteiger partial charge in [-0.25, -0.2) is 14.2 Å². The van der Waals surface area contributed by atoms with Crippen LogP contribution in [0.2, 0.25) is 0 Å². The van der Waals surface area contributed by atoms with Crippen LogP contribution >= 0.6 is 0 Å². The molecule has 1 aromatic carbocycles. The molecule has 8 nitrogen and oxygen atoms in total. The maximum absolute atomic E-state index is 13.5. The molecule has 0 fully saturated rings. The summed E-state index contributed by atoms with van der Waals surface area (Å²) in [4.78, 5) is 33.7. The lowest BCUT2D eigenvalue weighted by atomic mass is 10.00. The summed E-state index contributed by atoms with van der Waals surface area (Å²) in [6.07, 6.45) is 1.79. The molecule has 3 rings (SSSR count). The third-order valence-corrected chi connectivity index (χ3v) is 6.14. The fraction of sp³-hybridized carbons (Fsp3) is 0.464. The molecule has 1 aliphatic heterocycles. The summed E-state index contributed by atoms with van der Waals surface area (Å²) in [6.45, 7) is 8.16. The number of aromatic nitrogens is 1. The predicted octanol–water partition coefficient (Wildman–Crippen LogP) is 4.00. The number of carbonyl (C=O) groups is 2. The summed E-state index contributed by atoms with van der Waals surface area (Å²) in [5, 5.41) is 12.5. The zero-order valence-electron chi connectivity index (χ0n) is 22.0. The first kappa shape index (κ1) is 27.9.